The summed E-state index contributed by atoms with van der Waals surface area (Å²) in [6.45, 7) is 2.03. The number of rotatable bonds is 3. The molecule has 0 aliphatic rings. The van der Waals surface area contributed by atoms with Gasteiger partial charge in [-0.25, -0.2) is 9.97 Å². The first-order valence-corrected chi connectivity index (χ1v) is 6.82. The van der Waals surface area contributed by atoms with Gasteiger partial charge >= 0.3 is 6.36 Å². The van der Waals surface area contributed by atoms with Gasteiger partial charge in [0.2, 0.25) is 5.82 Å². The van der Waals surface area contributed by atoms with Crippen LogP contribution in [0.2, 0.25) is 0 Å². The van der Waals surface area contributed by atoms with Crippen LogP contribution in [0.15, 0.2) is 42.7 Å². The Morgan fingerprint density at radius 3 is 2.30 bits per heavy atom. The predicted octanol–water partition coefficient (Wildman–Crippen LogP) is 4.20. The molecule has 0 fully saturated rings. The van der Waals surface area contributed by atoms with Crippen LogP contribution in [0.3, 0.4) is 0 Å². The summed E-state index contributed by atoms with van der Waals surface area (Å²) in [5, 5.41) is 0. The van der Waals surface area contributed by atoms with Gasteiger partial charge in [0.25, 0.3) is 0 Å². The van der Waals surface area contributed by atoms with Gasteiger partial charge in [-0.05, 0) is 36.6 Å². The largest absolute Gasteiger partial charge is 0.573 e. The Labute approximate surface area is 131 Å². The number of aromatic nitrogens is 2. The molecule has 0 N–H and O–H groups in total. The van der Waals surface area contributed by atoms with E-state index in [4.69, 9.17) is 0 Å². The Bertz CT molecular complexity index is 724. The van der Waals surface area contributed by atoms with Gasteiger partial charge in [0, 0.05) is 23.5 Å². The Morgan fingerprint density at radius 1 is 1.09 bits per heavy atom. The molecule has 3 nitrogen and oxygen atoms in total. The maximum absolute atomic E-state index is 12.0. The van der Waals surface area contributed by atoms with E-state index in [1.54, 1.807) is 12.4 Å². The van der Waals surface area contributed by atoms with Gasteiger partial charge in [-0.2, -0.15) is 0 Å². The van der Waals surface area contributed by atoms with E-state index in [2.05, 4.69) is 26.5 Å². The second-order valence-electron chi connectivity index (χ2n) is 4.47. The molecule has 0 atom stereocenters. The Kier molecular flexibility index (Phi) is 5.36. The summed E-state index contributed by atoms with van der Waals surface area (Å²) in [6, 6.07) is 5.28. The molecular formula is C17H13F3N2O. The summed E-state index contributed by atoms with van der Waals surface area (Å²) in [7, 11) is 0. The minimum atomic E-state index is -4.70. The maximum atomic E-state index is 12.0. The molecule has 1 heterocycles. The lowest BCUT2D eigenvalue weighted by molar-refractivity contribution is -0.274. The van der Waals surface area contributed by atoms with Crippen molar-refractivity contribution < 1.29 is 17.9 Å². The van der Waals surface area contributed by atoms with Crippen LogP contribution in [0.4, 0.5) is 13.2 Å². The monoisotopic (exact) mass is 318 g/mol. The van der Waals surface area contributed by atoms with E-state index in [1.807, 2.05) is 19.1 Å². The van der Waals surface area contributed by atoms with Gasteiger partial charge in [0.1, 0.15) is 5.75 Å². The zero-order valence-electron chi connectivity index (χ0n) is 12.3. The fourth-order valence-corrected chi connectivity index (χ4v) is 1.61. The highest BCUT2D eigenvalue weighted by molar-refractivity contribution is 5.47. The average molecular weight is 318 g/mol. The van der Waals surface area contributed by atoms with E-state index in [0.29, 0.717) is 11.4 Å². The molecule has 0 saturated heterocycles. The van der Waals surface area contributed by atoms with E-state index in [0.717, 1.165) is 12.0 Å². The lowest BCUT2D eigenvalue weighted by atomic mass is 10.2. The van der Waals surface area contributed by atoms with Gasteiger partial charge < -0.3 is 4.74 Å². The second kappa shape index (κ2) is 7.45. The van der Waals surface area contributed by atoms with Crippen molar-refractivity contribution in [2.24, 2.45) is 0 Å². The minimum absolute atomic E-state index is 0.286. The number of nitrogens with zero attached hydrogens (tertiary/aromatic N) is 2. The van der Waals surface area contributed by atoms with Crippen LogP contribution < -0.4 is 4.74 Å². The molecule has 23 heavy (non-hydrogen) atoms. The molecule has 0 spiro atoms. The molecule has 1 aromatic carbocycles. The summed E-state index contributed by atoms with van der Waals surface area (Å²) in [6.07, 6.45) is 3.45. The topological polar surface area (TPSA) is 35.0 Å². The summed E-state index contributed by atoms with van der Waals surface area (Å²) in [5.74, 6) is 5.59. The van der Waals surface area contributed by atoms with Crippen LogP contribution >= 0.6 is 0 Å². The molecule has 1 aromatic heterocycles. The summed E-state index contributed by atoms with van der Waals surface area (Å²) < 4.78 is 39.9. The fraction of sp³-hybridized carbons (Fsp3) is 0.176. The molecule has 0 bridgehead atoms. The summed E-state index contributed by atoms with van der Waals surface area (Å²) in [4.78, 5) is 8.21. The smallest absolute Gasteiger partial charge is 0.406 e. The zero-order valence-corrected chi connectivity index (χ0v) is 12.3. The molecule has 0 unspecified atom stereocenters. The molecule has 6 heteroatoms. The lowest BCUT2D eigenvalue weighted by Gasteiger charge is -2.07. The lowest BCUT2D eigenvalue weighted by Crippen LogP contribution is -2.16. The highest BCUT2D eigenvalue weighted by atomic mass is 19.4. The highest BCUT2D eigenvalue weighted by Gasteiger charge is 2.30. The van der Waals surface area contributed by atoms with Crippen molar-refractivity contribution in [3.8, 4) is 17.6 Å². The molecule has 2 aromatic rings. The van der Waals surface area contributed by atoms with Crippen molar-refractivity contribution in [3.05, 3.63) is 59.7 Å². The standard InChI is InChI=1S/C17H13F3N2O/c1-2-3-4-14-11-21-16(22-12-14)10-7-13-5-8-15(9-6-13)23-17(18,19)20/h3-6,8-9,11-12H,2H2,1H3. The van der Waals surface area contributed by atoms with Crippen molar-refractivity contribution in [3.63, 3.8) is 0 Å². The number of hydrogen-bond donors (Lipinski definition) is 0. The van der Waals surface area contributed by atoms with Crippen LogP contribution in [0.1, 0.15) is 30.3 Å². The predicted molar refractivity (Wildman–Crippen MR) is 80.5 cm³/mol. The molecule has 0 amide bonds. The molecule has 0 aliphatic carbocycles. The average Bonchev–Trinajstić information content (AvgIpc) is 2.52. The van der Waals surface area contributed by atoms with E-state index in [9.17, 15) is 13.2 Å². The molecule has 2 rings (SSSR count). The third kappa shape index (κ3) is 5.83. The first kappa shape index (κ1) is 16.6. The van der Waals surface area contributed by atoms with E-state index in [1.165, 1.54) is 24.3 Å². The maximum Gasteiger partial charge on any atom is 0.573 e. The van der Waals surface area contributed by atoms with Crippen molar-refractivity contribution in [1.82, 2.24) is 9.97 Å². The van der Waals surface area contributed by atoms with E-state index < -0.39 is 6.36 Å². The molecule has 0 radical (unpaired) electrons. The van der Waals surface area contributed by atoms with Crippen molar-refractivity contribution >= 4 is 6.08 Å². The van der Waals surface area contributed by atoms with Crippen LogP contribution in [0.25, 0.3) is 6.08 Å². The number of allylic oxidation sites excluding steroid dienone is 1. The highest BCUT2D eigenvalue weighted by Crippen LogP contribution is 2.22. The fourth-order valence-electron chi connectivity index (χ4n) is 1.61. The zero-order chi connectivity index (χ0) is 16.7. The van der Waals surface area contributed by atoms with E-state index in [-0.39, 0.29) is 5.75 Å². The number of ether oxygens (including phenoxy) is 1. The Balaban J connectivity index is 2.05. The van der Waals surface area contributed by atoms with E-state index >= 15 is 0 Å². The van der Waals surface area contributed by atoms with Crippen molar-refractivity contribution in [2.45, 2.75) is 19.7 Å². The van der Waals surface area contributed by atoms with Crippen molar-refractivity contribution in [2.75, 3.05) is 0 Å². The molecular weight excluding hydrogens is 305 g/mol. The first-order chi connectivity index (χ1) is 11.0. The van der Waals surface area contributed by atoms with Crippen LogP contribution in [0, 0.1) is 11.8 Å². The normalized spacial score (nSPS) is 11.1. The van der Waals surface area contributed by atoms with Crippen molar-refractivity contribution in [1.29, 1.82) is 0 Å². The molecule has 118 valence electrons. The van der Waals surface area contributed by atoms with Crippen LogP contribution in [-0.4, -0.2) is 16.3 Å². The summed E-state index contributed by atoms with van der Waals surface area (Å²) >= 11 is 0. The van der Waals surface area contributed by atoms with Gasteiger partial charge in [0.15, 0.2) is 0 Å². The second-order valence-corrected chi connectivity index (χ2v) is 4.47. The molecule has 0 aliphatic heterocycles. The van der Waals surface area contributed by atoms with Gasteiger partial charge in [-0.3, -0.25) is 0 Å². The quantitative estimate of drug-likeness (QED) is 0.796. The SMILES string of the molecule is CCC=Cc1cnc(C#Cc2ccc(OC(F)(F)F)cc2)nc1. The number of benzene rings is 1. The third-order valence-electron chi connectivity index (χ3n) is 2.62. The van der Waals surface area contributed by atoms with Crippen LogP contribution in [0.5, 0.6) is 5.75 Å². The van der Waals surface area contributed by atoms with Crippen LogP contribution in [-0.2, 0) is 0 Å². The Morgan fingerprint density at radius 2 is 1.74 bits per heavy atom. The Hall–Kier alpha value is -2.81. The number of hydrogen-bond acceptors (Lipinski definition) is 3. The first-order valence-electron chi connectivity index (χ1n) is 6.82. The van der Waals surface area contributed by atoms with Gasteiger partial charge in [-0.15, -0.1) is 13.2 Å². The number of halogens is 3. The van der Waals surface area contributed by atoms with Gasteiger partial charge in [-0.1, -0.05) is 25.0 Å². The number of alkyl halides is 3. The third-order valence-corrected chi connectivity index (χ3v) is 2.62. The minimum Gasteiger partial charge on any atom is -0.406 e. The summed E-state index contributed by atoms with van der Waals surface area (Å²) in [5.41, 5.74) is 1.42. The molecule has 0 saturated carbocycles. The van der Waals surface area contributed by atoms with Gasteiger partial charge in [0.05, 0.1) is 0 Å².